The lowest BCUT2D eigenvalue weighted by Gasteiger charge is -2.20. The van der Waals surface area contributed by atoms with Crippen LogP contribution in [-0.4, -0.2) is 6.61 Å². The Kier molecular flexibility index (Phi) is 3.45. The summed E-state index contributed by atoms with van der Waals surface area (Å²) in [4.78, 5) is 0. The third-order valence-electron chi connectivity index (χ3n) is 3.25. The normalized spacial score (nSPS) is 13.4. The van der Waals surface area contributed by atoms with E-state index < -0.39 is 11.6 Å². The lowest BCUT2D eigenvalue weighted by Crippen LogP contribution is -2.10. The van der Waals surface area contributed by atoms with Gasteiger partial charge in [-0.1, -0.05) is 23.7 Å². The summed E-state index contributed by atoms with van der Waals surface area (Å²) in [6.07, 6.45) is 2.29. The highest BCUT2D eigenvalue weighted by atomic mass is 35.5. The smallest absolute Gasteiger partial charge is 0.165 e. The Morgan fingerprint density at radius 2 is 1.70 bits per heavy atom. The van der Waals surface area contributed by atoms with Crippen LogP contribution in [0.3, 0.4) is 0 Å². The van der Waals surface area contributed by atoms with Crippen molar-refractivity contribution in [2.75, 3.05) is 6.61 Å². The maximum Gasteiger partial charge on any atom is 0.165 e. The molecule has 0 saturated heterocycles. The molecule has 102 valence electrons. The molecular weight excluding hydrogens is 282 g/mol. The lowest BCUT2D eigenvalue weighted by atomic mass is 9.95. The van der Waals surface area contributed by atoms with Crippen molar-refractivity contribution in [1.82, 2.24) is 0 Å². The summed E-state index contributed by atoms with van der Waals surface area (Å²) < 4.78 is 32.8. The van der Waals surface area contributed by atoms with Crippen LogP contribution >= 0.6 is 11.6 Å². The van der Waals surface area contributed by atoms with E-state index in [1.165, 1.54) is 0 Å². The number of allylic oxidation sites excluding steroid dienone is 1. The average Bonchev–Trinajstić information content (AvgIpc) is 2.46. The van der Waals surface area contributed by atoms with Crippen LogP contribution in [0.4, 0.5) is 8.78 Å². The Morgan fingerprint density at radius 3 is 2.45 bits per heavy atom. The Labute approximate surface area is 120 Å². The zero-order valence-corrected chi connectivity index (χ0v) is 11.3. The third kappa shape index (κ3) is 2.41. The minimum atomic E-state index is -0.539. The molecule has 0 spiro atoms. The molecule has 0 amide bonds. The highest BCUT2D eigenvalue weighted by molar-refractivity contribution is 6.30. The van der Waals surface area contributed by atoms with E-state index in [2.05, 4.69) is 0 Å². The summed E-state index contributed by atoms with van der Waals surface area (Å²) in [5, 5.41) is 0.646. The molecule has 3 rings (SSSR count). The summed E-state index contributed by atoms with van der Waals surface area (Å²) >= 11 is 5.84. The van der Waals surface area contributed by atoms with Gasteiger partial charge in [-0.2, -0.15) is 0 Å². The Morgan fingerprint density at radius 1 is 1.00 bits per heavy atom. The van der Waals surface area contributed by atoms with Crippen molar-refractivity contribution in [3.63, 3.8) is 0 Å². The monoisotopic (exact) mass is 292 g/mol. The maximum absolute atomic E-state index is 14.0. The van der Waals surface area contributed by atoms with Crippen LogP contribution in [0.15, 0.2) is 42.5 Å². The van der Waals surface area contributed by atoms with E-state index in [1.807, 2.05) is 12.1 Å². The molecule has 0 aromatic heterocycles. The number of hydrogen-bond acceptors (Lipinski definition) is 1. The number of halogens is 3. The second-order valence-corrected chi connectivity index (χ2v) is 5.01. The fraction of sp³-hybridized carbons (Fsp3) is 0.125. The van der Waals surface area contributed by atoms with Gasteiger partial charge >= 0.3 is 0 Å². The minimum Gasteiger partial charge on any atom is -0.486 e. The second-order valence-electron chi connectivity index (χ2n) is 4.58. The molecule has 0 atom stereocenters. The van der Waals surface area contributed by atoms with Gasteiger partial charge in [0.1, 0.15) is 12.4 Å². The standard InChI is InChI=1S/C16H11ClF2O/c17-12-3-1-10(2-4-12)9-11-7-8-20-16-14(19)6-5-13(18)15(11)16/h1-7H,8-9H2. The van der Waals surface area contributed by atoms with E-state index in [-0.39, 0.29) is 17.9 Å². The minimum absolute atomic E-state index is 0.00327. The first-order valence-corrected chi connectivity index (χ1v) is 6.57. The molecule has 2 aromatic rings. The molecule has 2 aromatic carbocycles. The van der Waals surface area contributed by atoms with Crippen LogP contribution in [-0.2, 0) is 6.42 Å². The SMILES string of the molecule is Fc1ccc(F)c2c1OCC=C2Cc1ccc(Cl)cc1. The molecule has 0 aliphatic carbocycles. The molecular formula is C16H11ClF2O. The number of rotatable bonds is 2. The van der Waals surface area contributed by atoms with Crippen molar-refractivity contribution >= 4 is 17.2 Å². The molecule has 1 aliphatic heterocycles. The number of hydrogen-bond donors (Lipinski definition) is 0. The summed E-state index contributed by atoms with van der Waals surface area (Å²) in [5.41, 5.74) is 1.92. The van der Waals surface area contributed by atoms with Crippen LogP contribution in [0.5, 0.6) is 5.75 Å². The van der Waals surface area contributed by atoms with Crippen molar-refractivity contribution < 1.29 is 13.5 Å². The van der Waals surface area contributed by atoms with Crippen LogP contribution in [0.2, 0.25) is 5.02 Å². The molecule has 20 heavy (non-hydrogen) atoms. The highest BCUT2D eigenvalue weighted by Crippen LogP contribution is 2.36. The Hall–Kier alpha value is -1.87. The van der Waals surface area contributed by atoms with Gasteiger partial charge in [0.15, 0.2) is 11.6 Å². The summed E-state index contributed by atoms with van der Waals surface area (Å²) in [7, 11) is 0. The molecule has 0 radical (unpaired) electrons. The van der Waals surface area contributed by atoms with E-state index in [4.69, 9.17) is 16.3 Å². The topological polar surface area (TPSA) is 9.23 Å². The lowest BCUT2D eigenvalue weighted by molar-refractivity contribution is 0.332. The van der Waals surface area contributed by atoms with Crippen molar-refractivity contribution in [3.8, 4) is 5.75 Å². The van der Waals surface area contributed by atoms with E-state index >= 15 is 0 Å². The van der Waals surface area contributed by atoms with Gasteiger partial charge in [0.25, 0.3) is 0 Å². The van der Waals surface area contributed by atoms with Gasteiger partial charge in [-0.25, -0.2) is 8.78 Å². The molecule has 1 heterocycles. The quantitative estimate of drug-likeness (QED) is 0.784. The zero-order chi connectivity index (χ0) is 14.1. The van der Waals surface area contributed by atoms with E-state index in [0.717, 1.165) is 23.3 Å². The van der Waals surface area contributed by atoms with Gasteiger partial charge in [-0.15, -0.1) is 0 Å². The van der Waals surface area contributed by atoms with Gasteiger partial charge in [0.05, 0.1) is 5.56 Å². The van der Waals surface area contributed by atoms with E-state index in [1.54, 1.807) is 18.2 Å². The van der Waals surface area contributed by atoms with Crippen LogP contribution in [0.25, 0.3) is 5.57 Å². The van der Waals surface area contributed by atoms with E-state index in [0.29, 0.717) is 11.4 Å². The van der Waals surface area contributed by atoms with Gasteiger partial charge in [0, 0.05) is 5.02 Å². The molecule has 0 N–H and O–H groups in total. The van der Waals surface area contributed by atoms with Crippen LogP contribution < -0.4 is 4.74 Å². The highest BCUT2D eigenvalue weighted by Gasteiger charge is 2.22. The summed E-state index contributed by atoms with van der Waals surface area (Å²) in [6, 6.07) is 9.50. The van der Waals surface area contributed by atoms with Crippen molar-refractivity contribution in [2.24, 2.45) is 0 Å². The number of benzene rings is 2. The van der Waals surface area contributed by atoms with Gasteiger partial charge in [-0.3, -0.25) is 0 Å². The molecule has 0 bridgehead atoms. The molecule has 0 saturated carbocycles. The first-order valence-electron chi connectivity index (χ1n) is 6.20. The fourth-order valence-electron chi connectivity index (χ4n) is 2.28. The van der Waals surface area contributed by atoms with Crippen molar-refractivity contribution in [1.29, 1.82) is 0 Å². The maximum atomic E-state index is 14.0. The Balaban J connectivity index is 1.98. The van der Waals surface area contributed by atoms with E-state index in [9.17, 15) is 8.78 Å². The Bertz CT molecular complexity index is 678. The number of fused-ring (bicyclic) bond motifs is 1. The fourth-order valence-corrected chi connectivity index (χ4v) is 2.41. The largest absolute Gasteiger partial charge is 0.486 e. The second kappa shape index (κ2) is 5.25. The van der Waals surface area contributed by atoms with Gasteiger partial charge in [-0.05, 0) is 47.9 Å². The molecule has 1 aliphatic rings. The van der Waals surface area contributed by atoms with Crippen LogP contribution in [0, 0.1) is 11.6 Å². The molecule has 4 heteroatoms. The van der Waals surface area contributed by atoms with Gasteiger partial charge in [0.2, 0.25) is 0 Å². The van der Waals surface area contributed by atoms with Crippen molar-refractivity contribution in [3.05, 3.63) is 70.3 Å². The van der Waals surface area contributed by atoms with Crippen LogP contribution in [0.1, 0.15) is 11.1 Å². The van der Waals surface area contributed by atoms with Crippen molar-refractivity contribution in [2.45, 2.75) is 6.42 Å². The molecule has 0 unspecified atom stereocenters. The van der Waals surface area contributed by atoms with Gasteiger partial charge < -0.3 is 4.74 Å². The summed E-state index contributed by atoms with van der Waals surface area (Å²) in [6.45, 7) is 0.246. The zero-order valence-electron chi connectivity index (χ0n) is 10.5. The summed E-state index contributed by atoms with van der Waals surface area (Å²) in [5.74, 6) is -1.01. The first-order chi connectivity index (χ1) is 9.65. The third-order valence-corrected chi connectivity index (χ3v) is 3.50. The predicted molar refractivity (Wildman–Crippen MR) is 75.0 cm³/mol. The first kappa shape index (κ1) is 13.1. The average molecular weight is 293 g/mol. The molecule has 1 nitrogen and oxygen atoms in total. The molecule has 0 fully saturated rings. The number of ether oxygens (including phenoxy) is 1. The predicted octanol–water partition coefficient (Wildman–Crippen LogP) is 4.64.